The van der Waals surface area contributed by atoms with Gasteiger partial charge in [0.2, 0.25) is 0 Å². The summed E-state index contributed by atoms with van der Waals surface area (Å²) >= 11 is 2.69. The lowest BCUT2D eigenvalue weighted by molar-refractivity contribution is 0.0699. The maximum absolute atomic E-state index is 11.6. The summed E-state index contributed by atoms with van der Waals surface area (Å²) in [6, 6.07) is 13.4. The summed E-state index contributed by atoms with van der Waals surface area (Å²) in [4.78, 5) is 13.7. The van der Waals surface area contributed by atoms with Crippen molar-refractivity contribution in [3.63, 3.8) is 0 Å². The van der Waals surface area contributed by atoms with Crippen molar-refractivity contribution >= 4 is 39.2 Å². The fraction of sp³-hybridized carbons (Fsp3) is 0.118. The van der Waals surface area contributed by atoms with Crippen LogP contribution in [-0.4, -0.2) is 25.3 Å². The van der Waals surface area contributed by atoms with Crippen molar-refractivity contribution in [3.05, 3.63) is 47.3 Å². The standard InChI is InChI=1S/C17H14O4S2/c1-20-12-8-11-14(9-13(12)21-2)23-16(17(18)19)15(11)22-10-6-4-3-5-7-10/h3-9H,1-2H3,(H,18,19). The van der Waals surface area contributed by atoms with Gasteiger partial charge in [-0.15, -0.1) is 11.3 Å². The van der Waals surface area contributed by atoms with E-state index in [1.807, 2.05) is 42.5 Å². The van der Waals surface area contributed by atoms with Crippen LogP contribution in [0.15, 0.2) is 52.3 Å². The molecule has 23 heavy (non-hydrogen) atoms. The molecule has 0 aliphatic heterocycles. The minimum absolute atomic E-state index is 0.323. The molecular formula is C17H14O4S2. The molecule has 0 unspecified atom stereocenters. The minimum Gasteiger partial charge on any atom is -0.493 e. The van der Waals surface area contributed by atoms with Crippen LogP contribution in [0.2, 0.25) is 0 Å². The fourth-order valence-electron chi connectivity index (χ4n) is 2.25. The molecule has 2 aromatic carbocycles. The van der Waals surface area contributed by atoms with Crippen molar-refractivity contribution in [1.29, 1.82) is 0 Å². The molecule has 3 rings (SSSR count). The average Bonchev–Trinajstić information content (AvgIpc) is 2.92. The van der Waals surface area contributed by atoms with E-state index in [2.05, 4.69) is 0 Å². The van der Waals surface area contributed by atoms with E-state index >= 15 is 0 Å². The van der Waals surface area contributed by atoms with Crippen molar-refractivity contribution in [2.24, 2.45) is 0 Å². The molecule has 1 aromatic heterocycles. The first-order valence-electron chi connectivity index (χ1n) is 6.78. The average molecular weight is 346 g/mol. The SMILES string of the molecule is COc1cc2sc(C(=O)O)c(Sc3ccccc3)c2cc1OC. The molecular weight excluding hydrogens is 332 g/mol. The Morgan fingerprint density at radius 2 is 1.74 bits per heavy atom. The highest BCUT2D eigenvalue weighted by atomic mass is 32.2. The summed E-state index contributed by atoms with van der Waals surface area (Å²) in [5.74, 6) is 0.252. The van der Waals surface area contributed by atoms with E-state index < -0.39 is 5.97 Å². The number of hydrogen-bond acceptors (Lipinski definition) is 5. The Morgan fingerprint density at radius 1 is 1.09 bits per heavy atom. The molecule has 118 valence electrons. The fourth-order valence-corrected chi connectivity index (χ4v) is 4.50. The van der Waals surface area contributed by atoms with Gasteiger partial charge < -0.3 is 14.6 Å². The van der Waals surface area contributed by atoms with E-state index in [4.69, 9.17) is 9.47 Å². The van der Waals surface area contributed by atoms with Gasteiger partial charge in [0.05, 0.1) is 14.2 Å². The number of hydrogen-bond donors (Lipinski definition) is 1. The number of benzene rings is 2. The van der Waals surface area contributed by atoms with Crippen molar-refractivity contribution in [2.75, 3.05) is 14.2 Å². The van der Waals surface area contributed by atoms with E-state index in [0.717, 1.165) is 19.9 Å². The lowest BCUT2D eigenvalue weighted by Gasteiger charge is -2.08. The van der Waals surface area contributed by atoms with Crippen LogP contribution in [-0.2, 0) is 0 Å². The van der Waals surface area contributed by atoms with E-state index in [-0.39, 0.29) is 0 Å². The summed E-state index contributed by atoms with van der Waals surface area (Å²) in [6.45, 7) is 0. The van der Waals surface area contributed by atoms with Crippen LogP contribution in [0.25, 0.3) is 10.1 Å². The third kappa shape index (κ3) is 3.00. The van der Waals surface area contributed by atoms with Crippen molar-refractivity contribution in [2.45, 2.75) is 9.79 Å². The van der Waals surface area contributed by atoms with E-state index in [0.29, 0.717) is 16.4 Å². The molecule has 0 atom stereocenters. The van der Waals surface area contributed by atoms with Crippen molar-refractivity contribution in [1.82, 2.24) is 0 Å². The number of ether oxygens (including phenoxy) is 2. The topological polar surface area (TPSA) is 55.8 Å². The van der Waals surface area contributed by atoms with Crippen LogP contribution in [0.3, 0.4) is 0 Å². The van der Waals surface area contributed by atoms with Gasteiger partial charge in [0, 0.05) is 25.9 Å². The first-order valence-corrected chi connectivity index (χ1v) is 8.42. The van der Waals surface area contributed by atoms with Gasteiger partial charge in [-0.3, -0.25) is 0 Å². The number of carbonyl (C=O) groups is 1. The normalized spacial score (nSPS) is 10.7. The summed E-state index contributed by atoms with van der Waals surface area (Å²) in [5.41, 5.74) is 0. The lowest BCUT2D eigenvalue weighted by Crippen LogP contribution is -1.93. The van der Waals surface area contributed by atoms with Crippen LogP contribution >= 0.6 is 23.1 Å². The van der Waals surface area contributed by atoms with Gasteiger partial charge in [-0.25, -0.2) is 4.79 Å². The zero-order chi connectivity index (χ0) is 16.4. The zero-order valence-electron chi connectivity index (χ0n) is 12.5. The Hall–Kier alpha value is -2.18. The molecule has 1 heterocycles. The van der Waals surface area contributed by atoms with Gasteiger partial charge in [-0.2, -0.15) is 0 Å². The van der Waals surface area contributed by atoms with E-state index in [1.54, 1.807) is 14.2 Å². The molecule has 0 bridgehead atoms. The maximum Gasteiger partial charge on any atom is 0.347 e. The Labute approximate surface area is 141 Å². The van der Waals surface area contributed by atoms with Crippen LogP contribution in [0.5, 0.6) is 11.5 Å². The van der Waals surface area contributed by atoms with Gasteiger partial charge in [0.1, 0.15) is 4.88 Å². The molecule has 0 saturated carbocycles. The second-order valence-electron chi connectivity index (χ2n) is 4.68. The number of fused-ring (bicyclic) bond motifs is 1. The van der Waals surface area contributed by atoms with E-state index in [1.165, 1.54) is 23.1 Å². The van der Waals surface area contributed by atoms with Crippen LogP contribution in [0, 0.1) is 0 Å². The second kappa shape index (κ2) is 6.52. The largest absolute Gasteiger partial charge is 0.493 e. The van der Waals surface area contributed by atoms with Gasteiger partial charge in [0.15, 0.2) is 11.5 Å². The third-order valence-electron chi connectivity index (χ3n) is 3.31. The Kier molecular flexibility index (Phi) is 4.45. The predicted molar refractivity (Wildman–Crippen MR) is 92.5 cm³/mol. The molecule has 0 saturated heterocycles. The number of aromatic carboxylic acids is 1. The van der Waals surface area contributed by atoms with Gasteiger partial charge in [-0.05, 0) is 18.2 Å². The Bertz CT molecular complexity index is 856. The quantitative estimate of drug-likeness (QED) is 0.721. The number of thiophene rings is 1. The first-order chi connectivity index (χ1) is 11.1. The maximum atomic E-state index is 11.6. The summed E-state index contributed by atoms with van der Waals surface area (Å²) < 4.78 is 11.5. The zero-order valence-corrected chi connectivity index (χ0v) is 14.2. The molecule has 3 aromatic rings. The van der Waals surface area contributed by atoms with Crippen LogP contribution in [0.4, 0.5) is 0 Å². The smallest absolute Gasteiger partial charge is 0.347 e. The molecule has 0 radical (unpaired) electrons. The molecule has 0 aliphatic carbocycles. The highest BCUT2D eigenvalue weighted by molar-refractivity contribution is 7.99. The second-order valence-corrected chi connectivity index (χ2v) is 6.82. The van der Waals surface area contributed by atoms with E-state index in [9.17, 15) is 9.90 Å². The predicted octanol–water partition coefficient (Wildman–Crippen LogP) is 4.77. The number of carboxylic acid groups (broad SMARTS) is 1. The molecule has 0 amide bonds. The number of carboxylic acids is 1. The van der Waals surface area contributed by atoms with Gasteiger partial charge in [0.25, 0.3) is 0 Å². The third-order valence-corrected chi connectivity index (χ3v) is 5.71. The molecule has 0 spiro atoms. The minimum atomic E-state index is -0.928. The van der Waals surface area contributed by atoms with Gasteiger partial charge >= 0.3 is 5.97 Å². The monoisotopic (exact) mass is 346 g/mol. The molecule has 1 N–H and O–H groups in total. The summed E-state index contributed by atoms with van der Waals surface area (Å²) in [7, 11) is 3.13. The van der Waals surface area contributed by atoms with Gasteiger partial charge in [-0.1, -0.05) is 30.0 Å². The Balaban J connectivity index is 2.20. The van der Waals surface area contributed by atoms with Crippen molar-refractivity contribution < 1.29 is 19.4 Å². The lowest BCUT2D eigenvalue weighted by atomic mass is 10.2. The Morgan fingerprint density at radius 3 is 2.35 bits per heavy atom. The molecule has 4 nitrogen and oxygen atoms in total. The molecule has 6 heteroatoms. The highest BCUT2D eigenvalue weighted by Crippen LogP contribution is 2.45. The highest BCUT2D eigenvalue weighted by Gasteiger charge is 2.21. The van der Waals surface area contributed by atoms with Crippen molar-refractivity contribution in [3.8, 4) is 11.5 Å². The summed E-state index contributed by atoms with van der Waals surface area (Å²) in [6.07, 6.45) is 0. The van der Waals surface area contributed by atoms with Crippen LogP contribution < -0.4 is 9.47 Å². The van der Waals surface area contributed by atoms with Crippen LogP contribution in [0.1, 0.15) is 9.67 Å². The number of rotatable bonds is 5. The summed E-state index contributed by atoms with van der Waals surface area (Å²) in [5, 5.41) is 10.4. The molecule has 0 fully saturated rings. The number of methoxy groups -OCH3 is 2. The first kappa shape index (κ1) is 15.7. The molecule has 0 aliphatic rings.